The number of pyridine rings is 1. The average Bonchev–Trinajstić information content (AvgIpc) is 2.47. The fraction of sp³-hybridized carbons (Fsp3) is 0.312. The SMILES string of the molecule is NCC1Cc2ccccc2CN1Cc1ccccn1. The zero-order valence-electron chi connectivity index (χ0n) is 11.0. The van der Waals surface area contributed by atoms with Gasteiger partial charge in [0.2, 0.25) is 0 Å². The molecule has 3 heteroatoms. The highest BCUT2D eigenvalue weighted by Crippen LogP contribution is 2.23. The van der Waals surface area contributed by atoms with Gasteiger partial charge in [0.05, 0.1) is 5.69 Å². The first-order valence-corrected chi connectivity index (χ1v) is 6.77. The molecule has 1 aliphatic rings. The summed E-state index contributed by atoms with van der Waals surface area (Å²) < 4.78 is 0. The number of benzene rings is 1. The van der Waals surface area contributed by atoms with Crippen molar-refractivity contribution in [3.8, 4) is 0 Å². The van der Waals surface area contributed by atoms with Crippen molar-refractivity contribution in [1.29, 1.82) is 0 Å². The van der Waals surface area contributed by atoms with E-state index in [9.17, 15) is 0 Å². The van der Waals surface area contributed by atoms with Crippen LogP contribution in [0.5, 0.6) is 0 Å². The Bertz CT molecular complexity index is 539. The quantitative estimate of drug-likeness (QED) is 0.909. The molecule has 0 fully saturated rings. The van der Waals surface area contributed by atoms with Crippen LogP contribution in [0.4, 0.5) is 0 Å². The van der Waals surface area contributed by atoms with Gasteiger partial charge in [0.15, 0.2) is 0 Å². The molecule has 0 saturated carbocycles. The molecular weight excluding hydrogens is 234 g/mol. The molecule has 98 valence electrons. The second kappa shape index (κ2) is 5.51. The van der Waals surface area contributed by atoms with Crippen LogP contribution < -0.4 is 5.73 Å². The van der Waals surface area contributed by atoms with Gasteiger partial charge in [-0.1, -0.05) is 30.3 Å². The Kier molecular flexibility index (Phi) is 3.58. The Morgan fingerprint density at radius 1 is 1.11 bits per heavy atom. The van der Waals surface area contributed by atoms with E-state index in [2.05, 4.69) is 40.2 Å². The van der Waals surface area contributed by atoms with Crippen LogP contribution in [-0.2, 0) is 19.5 Å². The van der Waals surface area contributed by atoms with Crippen molar-refractivity contribution < 1.29 is 0 Å². The summed E-state index contributed by atoms with van der Waals surface area (Å²) in [6.45, 7) is 2.53. The predicted octanol–water partition coefficient (Wildman–Crippen LogP) is 1.97. The molecule has 1 aromatic carbocycles. The van der Waals surface area contributed by atoms with E-state index in [4.69, 9.17) is 5.73 Å². The van der Waals surface area contributed by atoms with Gasteiger partial charge in [0.25, 0.3) is 0 Å². The molecule has 0 bridgehead atoms. The highest BCUT2D eigenvalue weighted by molar-refractivity contribution is 5.30. The lowest BCUT2D eigenvalue weighted by atomic mass is 9.94. The van der Waals surface area contributed by atoms with E-state index in [0.717, 1.165) is 25.2 Å². The first-order chi connectivity index (χ1) is 9.36. The number of aromatic nitrogens is 1. The molecule has 0 aliphatic carbocycles. The summed E-state index contributed by atoms with van der Waals surface area (Å²) in [6, 6.07) is 15.1. The van der Waals surface area contributed by atoms with E-state index < -0.39 is 0 Å². The third-order valence-electron chi connectivity index (χ3n) is 3.83. The summed E-state index contributed by atoms with van der Waals surface area (Å²) in [4.78, 5) is 6.85. The molecule has 1 aliphatic heterocycles. The van der Waals surface area contributed by atoms with E-state index in [0.29, 0.717) is 12.6 Å². The maximum Gasteiger partial charge on any atom is 0.0544 e. The van der Waals surface area contributed by atoms with Gasteiger partial charge in [-0.2, -0.15) is 0 Å². The Morgan fingerprint density at radius 3 is 2.63 bits per heavy atom. The number of hydrogen-bond acceptors (Lipinski definition) is 3. The van der Waals surface area contributed by atoms with E-state index in [1.54, 1.807) is 0 Å². The van der Waals surface area contributed by atoms with Crippen LogP contribution in [0.15, 0.2) is 48.7 Å². The number of rotatable bonds is 3. The Balaban J connectivity index is 1.81. The van der Waals surface area contributed by atoms with Crippen LogP contribution in [0, 0.1) is 0 Å². The molecule has 2 N–H and O–H groups in total. The molecule has 1 unspecified atom stereocenters. The van der Waals surface area contributed by atoms with Crippen LogP contribution in [0.25, 0.3) is 0 Å². The van der Waals surface area contributed by atoms with Gasteiger partial charge in [-0.25, -0.2) is 0 Å². The second-order valence-corrected chi connectivity index (χ2v) is 5.09. The molecule has 19 heavy (non-hydrogen) atoms. The standard InChI is InChI=1S/C16H19N3/c17-10-16-9-13-5-1-2-6-14(13)11-19(16)12-15-7-3-4-8-18-15/h1-8,16H,9-12,17H2. The minimum absolute atomic E-state index is 0.414. The fourth-order valence-electron chi connectivity index (χ4n) is 2.76. The van der Waals surface area contributed by atoms with Crippen molar-refractivity contribution in [3.63, 3.8) is 0 Å². The minimum Gasteiger partial charge on any atom is -0.329 e. The van der Waals surface area contributed by atoms with Crippen LogP contribution in [-0.4, -0.2) is 22.5 Å². The Hall–Kier alpha value is -1.71. The minimum atomic E-state index is 0.414. The zero-order chi connectivity index (χ0) is 13.1. The van der Waals surface area contributed by atoms with Crippen LogP contribution in [0.1, 0.15) is 16.8 Å². The Labute approximate surface area is 114 Å². The summed E-state index contributed by atoms with van der Waals surface area (Å²) in [6.07, 6.45) is 2.89. The first kappa shape index (κ1) is 12.3. The predicted molar refractivity (Wildman–Crippen MR) is 76.5 cm³/mol. The van der Waals surface area contributed by atoms with Gasteiger partial charge in [-0.15, -0.1) is 0 Å². The third-order valence-corrected chi connectivity index (χ3v) is 3.83. The zero-order valence-corrected chi connectivity index (χ0v) is 11.0. The number of nitrogens with zero attached hydrogens (tertiary/aromatic N) is 2. The molecule has 1 aromatic heterocycles. The maximum atomic E-state index is 5.94. The summed E-state index contributed by atoms with van der Waals surface area (Å²) in [5.74, 6) is 0. The monoisotopic (exact) mass is 253 g/mol. The highest BCUT2D eigenvalue weighted by atomic mass is 15.2. The molecule has 3 nitrogen and oxygen atoms in total. The van der Waals surface area contributed by atoms with E-state index in [1.807, 2.05) is 18.3 Å². The maximum absolute atomic E-state index is 5.94. The van der Waals surface area contributed by atoms with Gasteiger partial charge < -0.3 is 5.73 Å². The van der Waals surface area contributed by atoms with Crippen LogP contribution >= 0.6 is 0 Å². The van der Waals surface area contributed by atoms with Gasteiger partial charge in [-0.05, 0) is 29.7 Å². The molecular formula is C16H19N3. The van der Waals surface area contributed by atoms with Gasteiger partial charge in [-0.3, -0.25) is 9.88 Å². The van der Waals surface area contributed by atoms with Crippen LogP contribution in [0.3, 0.4) is 0 Å². The van der Waals surface area contributed by atoms with Crippen molar-refractivity contribution in [3.05, 3.63) is 65.5 Å². The molecule has 2 heterocycles. The lowest BCUT2D eigenvalue weighted by molar-refractivity contribution is 0.165. The van der Waals surface area contributed by atoms with Gasteiger partial charge >= 0.3 is 0 Å². The molecule has 0 amide bonds. The van der Waals surface area contributed by atoms with Crippen molar-refractivity contribution in [2.45, 2.75) is 25.6 Å². The van der Waals surface area contributed by atoms with Gasteiger partial charge in [0.1, 0.15) is 0 Å². The normalized spacial score (nSPS) is 19.1. The summed E-state index contributed by atoms with van der Waals surface area (Å²) >= 11 is 0. The highest BCUT2D eigenvalue weighted by Gasteiger charge is 2.24. The summed E-state index contributed by atoms with van der Waals surface area (Å²) in [5.41, 5.74) is 9.91. The molecule has 0 radical (unpaired) electrons. The molecule has 3 rings (SSSR count). The van der Waals surface area contributed by atoms with E-state index in [1.165, 1.54) is 11.1 Å². The molecule has 2 aromatic rings. The smallest absolute Gasteiger partial charge is 0.0544 e. The number of hydrogen-bond donors (Lipinski definition) is 1. The number of fused-ring (bicyclic) bond motifs is 1. The van der Waals surface area contributed by atoms with Crippen molar-refractivity contribution in [1.82, 2.24) is 9.88 Å². The first-order valence-electron chi connectivity index (χ1n) is 6.77. The Morgan fingerprint density at radius 2 is 1.89 bits per heavy atom. The lowest BCUT2D eigenvalue weighted by Gasteiger charge is -2.36. The van der Waals surface area contributed by atoms with Crippen molar-refractivity contribution >= 4 is 0 Å². The van der Waals surface area contributed by atoms with Crippen LogP contribution in [0.2, 0.25) is 0 Å². The molecule has 1 atom stereocenters. The summed E-state index contributed by atoms with van der Waals surface area (Å²) in [7, 11) is 0. The largest absolute Gasteiger partial charge is 0.329 e. The number of nitrogens with two attached hydrogens (primary N) is 1. The second-order valence-electron chi connectivity index (χ2n) is 5.09. The fourth-order valence-corrected chi connectivity index (χ4v) is 2.76. The molecule has 0 saturated heterocycles. The molecule has 0 spiro atoms. The topological polar surface area (TPSA) is 42.1 Å². The van der Waals surface area contributed by atoms with E-state index in [-0.39, 0.29) is 0 Å². The third kappa shape index (κ3) is 2.67. The van der Waals surface area contributed by atoms with Crippen molar-refractivity contribution in [2.75, 3.05) is 6.54 Å². The average molecular weight is 253 g/mol. The van der Waals surface area contributed by atoms with Gasteiger partial charge in [0, 0.05) is 31.9 Å². The van der Waals surface area contributed by atoms with Crippen molar-refractivity contribution in [2.24, 2.45) is 5.73 Å². The van der Waals surface area contributed by atoms with E-state index >= 15 is 0 Å². The lowest BCUT2D eigenvalue weighted by Crippen LogP contribution is -2.44. The summed E-state index contributed by atoms with van der Waals surface area (Å²) in [5, 5.41) is 0.